The monoisotopic (exact) mass is 462 g/mol. The number of nitrogens with zero attached hydrogens (tertiary/aromatic N) is 3. The van der Waals surface area contributed by atoms with Gasteiger partial charge < -0.3 is 20.1 Å². The third-order valence-corrected chi connectivity index (χ3v) is 8.72. The number of para-hydroxylation sites is 1. The molecule has 1 amide bonds. The first-order chi connectivity index (χ1) is 16.6. The van der Waals surface area contributed by atoms with Crippen LogP contribution in [0.2, 0.25) is 0 Å². The van der Waals surface area contributed by atoms with Crippen LogP contribution in [0.5, 0.6) is 5.75 Å². The summed E-state index contributed by atoms with van der Waals surface area (Å²) in [5.74, 6) is 3.92. The highest BCUT2D eigenvalue weighted by Gasteiger charge is 2.53. The zero-order chi connectivity index (χ0) is 23.1. The maximum atomic E-state index is 12.7. The second-order valence-electron chi connectivity index (χ2n) is 11.0. The molecule has 4 fully saturated rings. The van der Waals surface area contributed by atoms with Crippen LogP contribution in [0.15, 0.2) is 36.7 Å². The zero-order valence-electron chi connectivity index (χ0n) is 19.7. The van der Waals surface area contributed by atoms with Gasteiger partial charge in [-0.3, -0.25) is 4.79 Å². The van der Waals surface area contributed by atoms with E-state index in [9.17, 15) is 9.90 Å². The number of ether oxygens (including phenoxy) is 1. The lowest BCUT2D eigenvalue weighted by molar-refractivity contribution is -0.134. The number of carbonyl (C=O) groups is 1. The fourth-order valence-electron chi connectivity index (χ4n) is 7.47. The van der Waals surface area contributed by atoms with Gasteiger partial charge in [-0.1, -0.05) is 18.2 Å². The number of rotatable bonds is 7. The first kappa shape index (κ1) is 21.8. The van der Waals surface area contributed by atoms with E-state index in [-0.39, 0.29) is 24.0 Å². The van der Waals surface area contributed by atoms with E-state index >= 15 is 0 Å². The second-order valence-corrected chi connectivity index (χ2v) is 11.0. The van der Waals surface area contributed by atoms with E-state index < -0.39 is 0 Å². The molecular weight excluding hydrogens is 428 g/mol. The van der Waals surface area contributed by atoms with Crippen molar-refractivity contribution in [3.05, 3.63) is 47.9 Å². The summed E-state index contributed by atoms with van der Waals surface area (Å²) >= 11 is 0. The predicted molar refractivity (Wildman–Crippen MR) is 128 cm³/mol. The quantitative estimate of drug-likeness (QED) is 0.656. The molecule has 2 heterocycles. The molecule has 1 aliphatic heterocycles. The number of carbonyl (C=O) groups excluding carboxylic acids is 1. The molecule has 1 atom stereocenters. The van der Waals surface area contributed by atoms with E-state index in [1.54, 1.807) is 11.2 Å². The Balaban J connectivity index is 1.07. The minimum Gasteiger partial charge on any atom is -0.484 e. The Morgan fingerprint density at radius 3 is 2.53 bits per heavy atom. The van der Waals surface area contributed by atoms with Crippen LogP contribution < -0.4 is 10.1 Å². The molecule has 1 aromatic carbocycles. The van der Waals surface area contributed by atoms with Gasteiger partial charge in [0.25, 0.3) is 5.91 Å². The third-order valence-electron chi connectivity index (χ3n) is 8.72. The van der Waals surface area contributed by atoms with Gasteiger partial charge in [-0.25, -0.2) is 9.97 Å². The molecule has 5 aliphatic rings. The Morgan fingerprint density at radius 2 is 1.82 bits per heavy atom. The lowest BCUT2D eigenvalue weighted by atomic mass is 9.48. The largest absolute Gasteiger partial charge is 0.484 e. The summed E-state index contributed by atoms with van der Waals surface area (Å²) in [7, 11) is 0. The molecule has 2 aromatic rings. The number of aliphatic hydroxyl groups is 1. The number of aliphatic hydroxyl groups excluding tert-OH is 1. The van der Waals surface area contributed by atoms with E-state index in [4.69, 9.17) is 4.74 Å². The SMILES string of the molecule is O=C(COc1ccccc1)N1CCc2c(ncnc2NCC(O)C23CC4CC(CC(C4)C2)C3)C1. The lowest BCUT2D eigenvalue weighted by Gasteiger charge is -2.58. The minimum absolute atomic E-state index is 0.0206. The number of benzene rings is 1. The Bertz CT molecular complexity index is 1010. The Labute approximate surface area is 200 Å². The molecule has 4 aliphatic carbocycles. The molecule has 0 radical (unpaired) electrons. The van der Waals surface area contributed by atoms with Crippen LogP contribution in [0.4, 0.5) is 5.82 Å². The van der Waals surface area contributed by atoms with Crippen molar-refractivity contribution in [1.29, 1.82) is 0 Å². The van der Waals surface area contributed by atoms with Gasteiger partial charge >= 0.3 is 0 Å². The van der Waals surface area contributed by atoms with Gasteiger partial charge in [0.1, 0.15) is 17.9 Å². The second kappa shape index (κ2) is 8.84. The van der Waals surface area contributed by atoms with Gasteiger partial charge in [0.15, 0.2) is 6.61 Å². The van der Waals surface area contributed by atoms with Gasteiger partial charge in [0, 0.05) is 18.7 Å². The van der Waals surface area contributed by atoms with Gasteiger partial charge in [-0.15, -0.1) is 0 Å². The maximum absolute atomic E-state index is 12.7. The standard InChI is InChI=1S/C27H34N4O3/c32-24(27-11-18-8-19(12-27)10-20(9-18)13-27)14-28-26-22-6-7-31(15-23(22)29-17-30-26)25(33)16-34-21-4-2-1-3-5-21/h1-5,17-20,24,32H,6-16H2,(H,28,29,30). The zero-order valence-corrected chi connectivity index (χ0v) is 19.7. The van der Waals surface area contributed by atoms with Crippen LogP contribution in [0.25, 0.3) is 0 Å². The summed E-state index contributed by atoms with van der Waals surface area (Å²) in [5, 5.41) is 14.7. The van der Waals surface area contributed by atoms with E-state index in [1.807, 2.05) is 30.3 Å². The Morgan fingerprint density at radius 1 is 1.12 bits per heavy atom. The number of anilines is 1. The molecule has 7 heteroatoms. The van der Waals surface area contributed by atoms with Gasteiger partial charge in [-0.05, 0) is 80.2 Å². The van der Waals surface area contributed by atoms with Crippen LogP contribution in [0.3, 0.4) is 0 Å². The molecule has 2 N–H and O–H groups in total. The first-order valence-electron chi connectivity index (χ1n) is 12.8. The summed E-state index contributed by atoms with van der Waals surface area (Å²) in [6, 6.07) is 9.40. The third kappa shape index (κ3) is 4.15. The molecule has 4 saturated carbocycles. The molecule has 0 saturated heterocycles. The van der Waals surface area contributed by atoms with Crippen LogP contribution in [-0.2, 0) is 17.8 Å². The molecule has 1 aromatic heterocycles. The molecule has 4 bridgehead atoms. The van der Waals surface area contributed by atoms with Crippen molar-refractivity contribution < 1.29 is 14.6 Å². The molecule has 180 valence electrons. The van der Waals surface area contributed by atoms with E-state index in [0.29, 0.717) is 31.8 Å². The number of hydrogen-bond donors (Lipinski definition) is 2. The molecule has 1 unspecified atom stereocenters. The average molecular weight is 463 g/mol. The fourth-order valence-corrected chi connectivity index (χ4v) is 7.47. The summed E-state index contributed by atoms with van der Waals surface area (Å²) < 4.78 is 5.63. The number of hydrogen-bond acceptors (Lipinski definition) is 6. The highest BCUT2D eigenvalue weighted by atomic mass is 16.5. The van der Waals surface area contributed by atoms with E-state index in [0.717, 1.165) is 34.8 Å². The van der Waals surface area contributed by atoms with Crippen molar-refractivity contribution in [2.24, 2.45) is 23.2 Å². The molecule has 7 nitrogen and oxygen atoms in total. The molecule has 7 rings (SSSR count). The minimum atomic E-state index is -0.344. The Kier molecular flexibility index (Phi) is 5.68. The Hall–Kier alpha value is -2.67. The van der Waals surface area contributed by atoms with Crippen molar-refractivity contribution in [3.63, 3.8) is 0 Å². The summed E-state index contributed by atoms with van der Waals surface area (Å²) in [4.78, 5) is 23.5. The number of amides is 1. The normalized spacial score (nSPS) is 30.0. The molecule has 34 heavy (non-hydrogen) atoms. The summed E-state index contributed by atoms with van der Waals surface area (Å²) in [5.41, 5.74) is 2.03. The van der Waals surface area contributed by atoms with Crippen molar-refractivity contribution in [2.75, 3.05) is 25.0 Å². The van der Waals surface area contributed by atoms with E-state index in [1.165, 1.54) is 38.5 Å². The van der Waals surface area contributed by atoms with E-state index in [2.05, 4.69) is 15.3 Å². The smallest absolute Gasteiger partial charge is 0.260 e. The van der Waals surface area contributed by atoms with Crippen LogP contribution in [0.1, 0.15) is 49.8 Å². The van der Waals surface area contributed by atoms with Crippen molar-refractivity contribution in [2.45, 2.75) is 57.6 Å². The van der Waals surface area contributed by atoms with Gasteiger partial charge in [0.05, 0.1) is 18.3 Å². The lowest BCUT2D eigenvalue weighted by Crippen LogP contribution is -2.53. The van der Waals surface area contributed by atoms with Crippen LogP contribution in [0, 0.1) is 23.2 Å². The predicted octanol–water partition coefficient (Wildman–Crippen LogP) is 3.43. The maximum Gasteiger partial charge on any atom is 0.260 e. The van der Waals surface area contributed by atoms with Gasteiger partial charge in [-0.2, -0.15) is 0 Å². The first-order valence-corrected chi connectivity index (χ1v) is 12.8. The topological polar surface area (TPSA) is 87.6 Å². The van der Waals surface area contributed by atoms with Crippen molar-refractivity contribution in [1.82, 2.24) is 14.9 Å². The fraction of sp³-hybridized carbons (Fsp3) is 0.593. The average Bonchev–Trinajstić information content (AvgIpc) is 2.85. The molecular formula is C27H34N4O3. The van der Waals surface area contributed by atoms with Crippen LogP contribution in [-0.4, -0.2) is 51.7 Å². The molecule has 0 spiro atoms. The van der Waals surface area contributed by atoms with Crippen molar-refractivity contribution >= 4 is 11.7 Å². The highest BCUT2D eigenvalue weighted by Crippen LogP contribution is 2.61. The summed E-state index contributed by atoms with van der Waals surface area (Å²) in [6.45, 7) is 1.63. The number of fused-ring (bicyclic) bond motifs is 1. The number of aromatic nitrogens is 2. The highest BCUT2D eigenvalue weighted by molar-refractivity contribution is 5.78. The van der Waals surface area contributed by atoms with Crippen molar-refractivity contribution in [3.8, 4) is 5.75 Å². The van der Waals surface area contributed by atoms with Crippen LogP contribution >= 0.6 is 0 Å². The van der Waals surface area contributed by atoms with Gasteiger partial charge in [0.2, 0.25) is 0 Å². The number of nitrogens with one attached hydrogen (secondary N) is 1. The summed E-state index contributed by atoms with van der Waals surface area (Å²) in [6.07, 6.45) is 9.61.